The number of rotatable bonds is 6. The van der Waals surface area contributed by atoms with Crippen molar-refractivity contribution < 1.29 is 9.53 Å². The summed E-state index contributed by atoms with van der Waals surface area (Å²) in [4.78, 5) is 13.0. The van der Waals surface area contributed by atoms with Crippen LogP contribution in [0.25, 0.3) is 0 Å². The number of carbonyl (C=O) groups excluding carboxylic acids is 1. The second-order valence-corrected chi connectivity index (χ2v) is 7.16. The number of hydrogen-bond donors (Lipinski definition) is 2. The normalized spacial score (nSPS) is 19.8. The Morgan fingerprint density at radius 1 is 1.11 bits per heavy atom. The number of methoxy groups -OCH3 is 1. The number of nitrogens with one attached hydrogen (secondary N) is 1. The Labute approximate surface area is 167 Å². The standard InChI is InChI=1S/C22H28N2O2.ClH/c1-15-6-8-16(9-7-15)21(17-10-12-19(26-2)13-11-17)24-22(25)20-5-3-4-18(20)14-23;/h6-13,18,20-21H,3-5,14,23H2,1-2H3,(H,24,25);1H/t18-,20-,21?;/m1./s1. The van der Waals surface area contributed by atoms with E-state index >= 15 is 0 Å². The first kappa shape index (κ1) is 21.3. The summed E-state index contributed by atoms with van der Waals surface area (Å²) >= 11 is 0. The highest BCUT2D eigenvalue weighted by Crippen LogP contribution is 2.32. The minimum atomic E-state index is -0.173. The highest BCUT2D eigenvalue weighted by atomic mass is 35.5. The van der Waals surface area contributed by atoms with Crippen LogP contribution in [0.3, 0.4) is 0 Å². The molecule has 4 nitrogen and oxygen atoms in total. The van der Waals surface area contributed by atoms with E-state index in [0.29, 0.717) is 12.5 Å². The molecule has 3 N–H and O–H groups in total. The van der Waals surface area contributed by atoms with E-state index < -0.39 is 0 Å². The summed E-state index contributed by atoms with van der Waals surface area (Å²) in [5, 5.41) is 3.28. The minimum Gasteiger partial charge on any atom is -0.497 e. The molecule has 1 fully saturated rings. The van der Waals surface area contributed by atoms with E-state index in [1.807, 2.05) is 24.3 Å². The van der Waals surface area contributed by atoms with Crippen molar-refractivity contribution in [1.29, 1.82) is 0 Å². The van der Waals surface area contributed by atoms with Gasteiger partial charge < -0.3 is 15.8 Å². The van der Waals surface area contributed by atoms with Gasteiger partial charge >= 0.3 is 0 Å². The van der Waals surface area contributed by atoms with Gasteiger partial charge in [-0.3, -0.25) is 4.79 Å². The Morgan fingerprint density at radius 3 is 2.26 bits per heavy atom. The van der Waals surface area contributed by atoms with Crippen molar-refractivity contribution in [1.82, 2.24) is 5.32 Å². The molecule has 5 heteroatoms. The summed E-state index contributed by atoms with van der Waals surface area (Å²) in [6.07, 6.45) is 3.06. The SMILES string of the molecule is COc1ccc(C(NC(=O)[C@@H]2CCC[C@@H]2CN)c2ccc(C)cc2)cc1.Cl. The smallest absolute Gasteiger partial charge is 0.224 e. The predicted molar refractivity (Wildman–Crippen MR) is 111 cm³/mol. The van der Waals surface area contributed by atoms with E-state index in [1.54, 1.807) is 7.11 Å². The second-order valence-electron chi connectivity index (χ2n) is 7.16. The van der Waals surface area contributed by atoms with Crippen molar-refractivity contribution >= 4 is 18.3 Å². The van der Waals surface area contributed by atoms with Crippen LogP contribution >= 0.6 is 12.4 Å². The highest BCUT2D eigenvalue weighted by Gasteiger charge is 2.33. The van der Waals surface area contributed by atoms with Crippen LogP contribution in [0, 0.1) is 18.8 Å². The van der Waals surface area contributed by atoms with E-state index in [0.717, 1.165) is 36.1 Å². The second kappa shape index (κ2) is 9.77. The largest absolute Gasteiger partial charge is 0.497 e. The Bertz CT molecular complexity index is 731. The van der Waals surface area contributed by atoms with Crippen LogP contribution in [-0.4, -0.2) is 19.6 Å². The van der Waals surface area contributed by atoms with Gasteiger partial charge in [-0.25, -0.2) is 0 Å². The van der Waals surface area contributed by atoms with E-state index in [4.69, 9.17) is 10.5 Å². The molecule has 1 aliphatic rings. The topological polar surface area (TPSA) is 64.3 Å². The third-order valence-corrected chi connectivity index (χ3v) is 5.45. The van der Waals surface area contributed by atoms with Crippen LogP contribution in [0.4, 0.5) is 0 Å². The number of carbonyl (C=O) groups is 1. The van der Waals surface area contributed by atoms with E-state index in [1.165, 1.54) is 5.56 Å². The molecule has 0 aromatic heterocycles. The molecule has 2 aromatic rings. The minimum absolute atomic E-state index is 0. The van der Waals surface area contributed by atoms with Gasteiger partial charge in [-0.1, -0.05) is 48.4 Å². The first-order valence-corrected chi connectivity index (χ1v) is 9.33. The van der Waals surface area contributed by atoms with Gasteiger partial charge in [0.05, 0.1) is 13.2 Å². The quantitative estimate of drug-likeness (QED) is 0.785. The monoisotopic (exact) mass is 388 g/mol. The van der Waals surface area contributed by atoms with E-state index in [2.05, 4.69) is 36.5 Å². The Balaban J connectivity index is 0.00000261. The molecule has 1 saturated carbocycles. The van der Waals surface area contributed by atoms with E-state index in [9.17, 15) is 4.79 Å². The maximum atomic E-state index is 13.0. The lowest BCUT2D eigenvalue weighted by Crippen LogP contribution is -2.37. The van der Waals surface area contributed by atoms with Crippen LogP contribution in [0.5, 0.6) is 5.75 Å². The van der Waals surface area contributed by atoms with Gasteiger partial charge in [0.25, 0.3) is 0 Å². The molecule has 0 bridgehead atoms. The fourth-order valence-electron chi connectivity index (χ4n) is 3.83. The van der Waals surface area contributed by atoms with Gasteiger partial charge in [0.15, 0.2) is 0 Å². The molecule has 27 heavy (non-hydrogen) atoms. The van der Waals surface area contributed by atoms with Crippen LogP contribution < -0.4 is 15.8 Å². The van der Waals surface area contributed by atoms with E-state index in [-0.39, 0.29) is 30.3 Å². The first-order chi connectivity index (χ1) is 12.6. The van der Waals surface area contributed by atoms with Gasteiger partial charge in [0.2, 0.25) is 5.91 Å². The molecular weight excluding hydrogens is 360 g/mol. The Kier molecular flexibility index (Phi) is 7.69. The summed E-state index contributed by atoms with van der Waals surface area (Å²) in [6, 6.07) is 16.0. The molecule has 0 radical (unpaired) electrons. The Hall–Kier alpha value is -2.04. The molecular formula is C22H29ClN2O2. The van der Waals surface area contributed by atoms with Crippen molar-refractivity contribution in [3.63, 3.8) is 0 Å². The van der Waals surface area contributed by atoms with Gasteiger partial charge in [-0.15, -0.1) is 12.4 Å². The van der Waals surface area contributed by atoms with Crippen molar-refractivity contribution in [2.45, 2.75) is 32.2 Å². The zero-order valence-electron chi connectivity index (χ0n) is 16.0. The first-order valence-electron chi connectivity index (χ1n) is 9.33. The van der Waals surface area contributed by atoms with Crippen molar-refractivity contribution in [2.24, 2.45) is 17.6 Å². The third-order valence-electron chi connectivity index (χ3n) is 5.45. The van der Waals surface area contributed by atoms with Gasteiger partial charge in [0.1, 0.15) is 5.75 Å². The molecule has 1 unspecified atom stereocenters. The highest BCUT2D eigenvalue weighted by molar-refractivity contribution is 5.85. The molecule has 3 atom stereocenters. The Morgan fingerprint density at radius 2 is 1.70 bits per heavy atom. The molecule has 0 aliphatic heterocycles. The van der Waals surface area contributed by atoms with Crippen molar-refractivity contribution in [2.75, 3.05) is 13.7 Å². The lowest BCUT2D eigenvalue weighted by Gasteiger charge is -2.24. The summed E-state index contributed by atoms with van der Waals surface area (Å²) in [6.45, 7) is 2.64. The van der Waals surface area contributed by atoms with Gasteiger partial charge in [0, 0.05) is 5.92 Å². The van der Waals surface area contributed by atoms with Crippen LogP contribution in [0.2, 0.25) is 0 Å². The molecule has 146 valence electrons. The average molecular weight is 389 g/mol. The number of amides is 1. The number of aryl methyl sites for hydroxylation is 1. The lowest BCUT2D eigenvalue weighted by molar-refractivity contribution is -0.126. The molecule has 3 rings (SSSR count). The molecule has 0 heterocycles. The number of halogens is 1. The number of hydrogen-bond acceptors (Lipinski definition) is 3. The molecule has 0 spiro atoms. The van der Waals surface area contributed by atoms with Crippen molar-refractivity contribution in [3.05, 3.63) is 65.2 Å². The number of nitrogens with two attached hydrogens (primary N) is 1. The van der Waals surface area contributed by atoms with Gasteiger partial charge in [-0.2, -0.15) is 0 Å². The lowest BCUT2D eigenvalue weighted by atomic mass is 9.93. The number of benzene rings is 2. The van der Waals surface area contributed by atoms with Gasteiger partial charge in [-0.05, 0) is 55.5 Å². The summed E-state index contributed by atoms with van der Waals surface area (Å²) < 4.78 is 5.26. The summed E-state index contributed by atoms with van der Waals surface area (Å²) in [5.74, 6) is 1.23. The zero-order chi connectivity index (χ0) is 18.5. The molecule has 0 saturated heterocycles. The maximum absolute atomic E-state index is 13.0. The molecule has 1 amide bonds. The predicted octanol–water partition coefficient (Wildman–Crippen LogP) is 4.01. The summed E-state index contributed by atoms with van der Waals surface area (Å²) in [7, 11) is 1.65. The number of ether oxygens (including phenoxy) is 1. The van der Waals surface area contributed by atoms with Crippen LogP contribution in [0.1, 0.15) is 42.0 Å². The van der Waals surface area contributed by atoms with Crippen molar-refractivity contribution in [3.8, 4) is 5.75 Å². The fourth-order valence-corrected chi connectivity index (χ4v) is 3.83. The third kappa shape index (κ3) is 5.02. The summed E-state index contributed by atoms with van der Waals surface area (Å²) in [5.41, 5.74) is 9.20. The zero-order valence-corrected chi connectivity index (χ0v) is 16.8. The molecule has 1 aliphatic carbocycles. The average Bonchev–Trinajstić information content (AvgIpc) is 3.16. The maximum Gasteiger partial charge on any atom is 0.224 e. The van der Waals surface area contributed by atoms with Crippen LogP contribution in [-0.2, 0) is 4.79 Å². The van der Waals surface area contributed by atoms with Crippen LogP contribution in [0.15, 0.2) is 48.5 Å². The molecule has 2 aromatic carbocycles. The fraction of sp³-hybridized carbons (Fsp3) is 0.409.